The molecule has 0 saturated heterocycles. The van der Waals surface area contributed by atoms with E-state index in [4.69, 9.17) is 4.74 Å². The summed E-state index contributed by atoms with van der Waals surface area (Å²) in [6, 6.07) is 0. The fourth-order valence-corrected chi connectivity index (χ4v) is 11.0. The van der Waals surface area contributed by atoms with Gasteiger partial charge in [0.05, 0.1) is 18.8 Å². The van der Waals surface area contributed by atoms with Crippen LogP contribution in [-0.4, -0.2) is 52.0 Å². The lowest BCUT2D eigenvalue weighted by molar-refractivity contribution is -0.243. The molecule has 4 saturated carbocycles. The second kappa shape index (κ2) is 8.44. The van der Waals surface area contributed by atoms with Crippen LogP contribution in [0.15, 0.2) is 11.6 Å². The zero-order chi connectivity index (χ0) is 27.2. The van der Waals surface area contributed by atoms with Crippen molar-refractivity contribution in [3.8, 4) is 0 Å². The highest BCUT2D eigenvalue weighted by atomic mass is 16.7. The first-order valence-electron chi connectivity index (χ1n) is 14.6. The maximum absolute atomic E-state index is 11.4. The first-order valence-corrected chi connectivity index (χ1v) is 14.6. The van der Waals surface area contributed by atoms with Gasteiger partial charge in [-0.05, 0) is 97.2 Å². The van der Waals surface area contributed by atoms with Crippen molar-refractivity contribution < 1.29 is 30.0 Å². The molecule has 2 unspecified atom stereocenters. The number of ether oxygens (including phenoxy) is 1. The van der Waals surface area contributed by atoms with Crippen LogP contribution in [0.5, 0.6) is 0 Å². The standard InChI is InChI=1S/C31H50O6/c1-26(2)11-13-31(18-37-25(35)36)14-12-29(5)19(20(31)15-26)7-8-23-27(3)16-21(33)24(34)28(4,17-32)22(27)9-10-30(23,29)6/h7,20-24,32-34H,8-18H2,1-6H3,(H,35,36)/t20-,21-,22?,23-,24+,27+,28?,29-,30-,31-/m1/s1. The third-order valence-corrected chi connectivity index (χ3v) is 13.4. The first kappa shape index (κ1) is 27.5. The maximum Gasteiger partial charge on any atom is 0.505 e. The Bertz CT molecular complexity index is 975. The van der Waals surface area contributed by atoms with Crippen molar-refractivity contribution in [2.45, 2.75) is 112 Å². The number of fused-ring (bicyclic) bond motifs is 7. The minimum Gasteiger partial charge on any atom is -0.450 e. The average molecular weight is 519 g/mol. The SMILES string of the molecule is CC1(C)CC[C@]2(COC(=O)O)CC[C@]3(C)C(=CC[C@@H]4[C@@]5(C)C[C@@H](O)[C@H](O)C(C)(CO)C5CC[C@]43C)[C@H]2C1. The molecule has 4 N–H and O–H groups in total. The monoisotopic (exact) mass is 518 g/mol. The molecule has 6 heteroatoms. The van der Waals surface area contributed by atoms with Crippen LogP contribution in [0.3, 0.4) is 0 Å². The molecule has 0 spiro atoms. The van der Waals surface area contributed by atoms with Gasteiger partial charge in [-0.1, -0.05) is 53.2 Å². The normalized spacial score (nSPS) is 52.6. The summed E-state index contributed by atoms with van der Waals surface area (Å²) in [4.78, 5) is 11.4. The van der Waals surface area contributed by atoms with E-state index in [0.717, 1.165) is 51.4 Å². The van der Waals surface area contributed by atoms with Crippen molar-refractivity contribution in [1.29, 1.82) is 0 Å². The van der Waals surface area contributed by atoms with Crippen LogP contribution >= 0.6 is 0 Å². The predicted molar refractivity (Wildman–Crippen MR) is 142 cm³/mol. The zero-order valence-electron chi connectivity index (χ0n) is 23.8. The second-order valence-corrected chi connectivity index (χ2v) is 15.5. The molecule has 0 aromatic rings. The van der Waals surface area contributed by atoms with Crippen LogP contribution in [0.2, 0.25) is 0 Å². The average Bonchev–Trinajstić information content (AvgIpc) is 2.82. The van der Waals surface area contributed by atoms with Gasteiger partial charge in [-0.2, -0.15) is 0 Å². The van der Waals surface area contributed by atoms with E-state index in [1.54, 1.807) is 0 Å². The van der Waals surface area contributed by atoms with E-state index >= 15 is 0 Å². The molecule has 10 atom stereocenters. The third-order valence-electron chi connectivity index (χ3n) is 13.4. The number of carboxylic acid groups (broad SMARTS) is 1. The molecule has 0 bridgehead atoms. The Morgan fingerprint density at radius 1 is 0.973 bits per heavy atom. The van der Waals surface area contributed by atoms with Crippen LogP contribution in [-0.2, 0) is 4.74 Å². The van der Waals surface area contributed by atoms with Gasteiger partial charge in [-0.25, -0.2) is 4.79 Å². The number of hydrogen-bond donors (Lipinski definition) is 4. The largest absolute Gasteiger partial charge is 0.505 e. The van der Waals surface area contributed by atoms with Crippen LogP contribution in [0.1, 0.15) is 99.3 Å². The van der Waals surface area contributed by atoms with Crippen molar-refractivity contribution in [3.63, 3.8) is 0 Å². The summed E-state index contributed by atoms with van der Waals surface area (Å²) in [6.45, 7) is 14.1. The van der Waals surface area contributed by atoms with Gasteiger partial charge in [-0.15, -0.1) is 0 Å². The Morgan fingerprint density at radius 2 is 1.65 bits per heavy atom. The zero-order valence-corrected chi connectivity index (χ0v) is 23.8. The summed E-state index contributed by atoms with van der Waals surface area (Å²) in [6.07, 6.45) is 8.25. The summed E-state index contributed by atoms with van der Waals surface area (Å²) in [5.74, 6) is 0.819. The Hall–Kier alpha value is -1.11. The summed E-state index contributed by atoms with van der Waals surface area (Å²) < 4.78 is 5.31. The van der Waals surface area contributed by atoms with E-state index in [-0.39, 0.29) is 46.2 Å². The summed E-state index contributed by atoms with van der Waals surface area (Å²) in [5.41, 5.74) is 0.757. The molecule has 37 heavy (non-hydrogen) atoms. The van der Waals surface area contributed by atoms with E-state index in [1.807, 2.05) is 6.92 Å². The molecule has 0 aliphatic heterocycles. The van der Waals surface area contributed by atoms with E-state index in [2.05, 4.69) is 40.7 Å². The van der Waals surface area contributed by atoms with Gasteiger partial charge in [0.15, 0.2) is 0 Å². The minimum atomic E-state index is -1.17. The number of rotatable bonds is 3. The van der Waals surface area contributed by atoms with Crippen molar-refractivity contribution in [1.82, 2.24) is 0 Å². The van der Waals surface area contributed by atoms with Crippen molar-refractivity contribution in [2.75, 3.05) is 13.2 Å². The van der Waals surface area contributed by atoms with Gasteiger partial charge in [-0.3, -0.25) is 0 Å². The van der Waals surface area contributed by atoms with Gasteiger partial charge in [0.1, 0.15) is 6.61 Å². The fourth-order valence-electron chi connectivity index (χ4n) is 11.0. The Labute approximate surface area is 222 Å². The second-order valence-electron chi connectivity index (χ2n) is 15.5. The number of aliphatic hydroxyl groups excluding tert-OH is 3. The van der Waals surface area contributed by atoms with E-state index in [0.29, 0.717) is 18.3 Å². The Balaban J connectivity index is 1.57. The molecule has 5 aliphatic carbocycles. The molecule has 5 rings (SSSR count). The lowest BCUT2D eigenvalue weighted by Gasteiger charge is -2.71. The lowest BCUT2D eigenvalue weighted by atomic mass is 9.33. The van der Waals surface area contributed by atoms with E-state index in [1.165, 1.54) is 5.57 Å². The van der Waals surface area contributed by atoms with Gasteiger partial charge < -0.3 is 25.2 Å². The number of carbonyl (C=O) groups is 1. The molecular weight excluding hydrogens is 468 g/mol. The molecule has 0 aromatic carbocycles. The number of aliphatic hydroxyl groups is 3. The van der Waals surface area contributed by atoms with Crippen molar-refractivity contribution in [2.24, 2.45) is 50.2 Å². The summed E-state index contributed by atoms with van der Waals surface area (Å²) >= 11 is 0. The molecule has 0 amide bonds. The highest BCUT2D eigenvalue weighted by Crippen LogP contribution is 2.75. The van der Waals surface area contributed by atoms with Gasteiger partial charge in [0.25, 0.3) is 0 Å². The molecule has 0 heterocycles. The predicted octanol–water partition coefficient (Wildman–Crippen LogP) is 5.79. The quantitative estimate of drug-likeness (QED) is 0.278. The van der Waals surface area contributed by atoms with Crippen LogP contribution in [0, 0.1) is 50.2 Å². The molecule has 0 radical (unpaired) electrons. The Morgan fingerprint density at radius 3 is 2.30 bits per heavy atom. The van der Waals surface area contributed by atoms with E-state index < -0.39 is 23.8 Å². The number of allylic oxidation sites excluding steroid dienone is 2. The van der Waals surface area contributed by atoms with E-state index in [9.17, 15) is 25.2 Å². The fraction of sp³-hybridized carbons (Fsp3) is 0.903. The van der Waals surface area contributed by atoms with Crippen LogP contribution in [0.4, 0.5) is 4.79 Å². The maximum atomic E-state index is 11.4. The molecule has 0 aromatic heterocycles. The Kier molecular flexibility index (Phi) is 6.27. The van der Waals surface area contributed by atoms with Gasteiger partial charge in [0.2, 0.25) is 0 Å². The molecular formula is C31H50O6. The first-order chi connectivity index (χ1) is 17.1. The van der Waals surface area contributed by atoms with Crippen LogP contribution < -0.4 is 0 Å². The molecule has 5 aliphatic rings. The minimum absolute atomic E-state index is 0.00859. The molecule has 210 valence electrons. The molecule has 4 fully saturated rings. The van der Waals surface area contributed by atoms with Gasteiger partial charge in [0, 0.05) is 10.8 Å². The van der Waals surface area contributed by atoms with Crippen LogP contribution in [0.25, 0.3) is 0 Å². The topological polar surface area (TPSA) is 107 Å². The highest BCUT2D eigenvalue weighted by molar-refractivity contribution is 5.56. The highest BCUT2D eigenvalue weighted by Gasteiger charge is 2.69. The third kappa shape index (κ3) is 3.64. The number of hydrogen-bond acceptors (Lipinski definition) is 5. The van der Waals surface area contributed by atoms with Crippen molar-refractivity contribution >= 4 is 6.16 Å². The smallest absolute Gasteiger partial charge is 0.450 e. The van der Waals surface area contributed by atoms with Gasteiger partial charge >= 0.3 is 6.16 Å². The lowest BCUT2D eigenvalue weighted by Crippen LogP contribution is -2.68. The summed E-state index contributed by atoms with van der Waals surface area (Å²) in [5, 5.41) is 41.8. The molecule has 6 nitrogen and oxygen atoms in total. The van der Waals surface area contributed by atoms with Crippen molar-refractivity contribution in [3.05, 3.63) is 11.6 Å². The summed E-state index contributed by atoms with van der Waals surface area (Å²) in [7, 11) is 0.